The molecule has 8 heteroatoms. The zero-order valence-electron chi connectivity index (χ0n) is 20.1. The molecule has 2 aliphatic rings. The van der Waals surface area contributed by atoms with Gasteiger partial charge >= 0.3 is 0 Å². The molecule has 1 saturated heterocycles. The van der Waals surface area contributed by atoms with Gasteiger partial charge in [-0.05, 0) is 73.2 Å². The smallest absolute Gasteiger partial charge is 0.291 e. The van der Waals surface area contributed by atoms with Crippen molar-refractivity contribution in [2.45, 2.75) is 31.7 Å². The first kappa shape index (κ1) is 22.9. The summed E-state index contributed by atoms with van der Waals surface area (Å²) in [6.45, 7) is 3.61. The highest BCUT2D eigenvalue weighted by Gasteiger charge is 2.34. The second kappa shape index (κ2) is 10.2. The van der Waals surface area contributed by atoms with Crippen molar-refractivity contribution >= 4 is 28.1 Å². The molecule has 7 nitrogen and oxygen atoms in total. The normalized spacial score (nSPS) is 16.9. The number of hydrogen-bond acceptors (Lipinski definition) is 7. The Bertz CT molecular complexity index is 1300. The predicted molar refractivity (Wildman–Crippen MR) is 142 cm³/mol. The maximum Gasteiger partial charge on any atom is 0.291 e. The summed E-state index contributed by atoms with van der Waals surface area (Å²) in [5, 5.41) is 4.16. The zero-order chi connectivity index (χ0) is 24.3. The molecule has 1 amide bonds. The van der Waals surface area contributed by atoms with Crippen LogP contribution in [-0.4, -0.2) is 47.0 Å². The standard InChI is InChI=1S/C28H29N5O2S/c34-27(22-7-5-19-35-22)31-28-25(21-6-1-2-8-23(21)36-28)26(20-10-13-29-14-11-20)33-17-15-32(16-18-33)24-9-3-4-12-30-24/h3-5,7,9-14,19,26H,1-2,6,8,15-18H2,(H,31,34). The number of anilines is 2. The van der Waals surface area contributed by atoms with Gasteiger partial charge in [-0.3, -0.25) is 14.7 Å². The Morgan fingerprint density at radius 3 is 2.56 bits per heavy atom. The van der Waals surface area contributed by atoms with E-state index < -0.39 is 0 Å². The van der Waals surface area contributed by atoms with Gasteiger partial charge in [-0.15, -0.1) is 11.3 Å². The Hall–Kier alpha value is -3.49. The van der Waals surface area contributed by atoms with Crippen LogP contribution in [0.5, 0.6) is 0 Å². The summed E-state index contributed by atoms with van der Waals surface area (Å²) in [4.78, 5) is 28.2. The molecule has 0 aromatic carbocycles. The van der Waals surface area contributed by atoms with Gasteiger partial charge in [0, 0.05) is 55.2 Å². The number of piperazine rings is 1. The molecule has 0 radical (unpaired) electrons. The fraction of sp³-hybridized carbons (Fsp3) is 0.321. The summed E-state index contributed by atoms with van der Waals surface area (Å²) in [7, 11) is 0. The number of thiophene rings is 1. The molecule has 36 heavy (non-hydrogen) atoms. The average molecular weight is 500 g/mol. The van der Waals surface area contributed by atoms with Crippen LogP contribution in [-0.2, 0) is 12.8 Å². The predicted octanol–water partition coefficient (Wildman–Crippen LogP) is 5.17. The van der Waals surface area contributed by atoms with Gasteiger partial charge in [0.2, 0.25) is 0 Å². The third-order valence-electron chi connectivity index (χ3n) is 7.13. The quantitative estimate of drug-likeness (QED) is 0.394. The van der Waals surface area contributed by atoms with Crippen molar-refractivity contribution in [2.75, 3.05) is 36.4 Å². The van der Waals surface area contributed by atoms with E-state index in [1.54, 1.807) is 23.5 Å². The van der Waals surface area contributed by atoms with E-state index in [9.17, 15) is 4.79 Å². The Labute approximate surface area is 214 Å². The average Bonchev–Trinajstić information content (AvgIpc) is 3.60. The van der Waals surface area contributed by atoms with Crippen molar-refractivity contribution in [3.63, 3.8) is 0 Å². The third kappa shape index (κ3) is 4.54. The number of aryl methyl sites for hydroxylation is 1. The van der Waals surface area contributed by atoms with E-state index in [-0.39, 0.29) is 11.9 Å². The van der Waals surface area contributed by atoms with Crippen LogP contribution in [0, 0.1) is 0 Å². The Morgan fingerprint density at radius 2 is 1.81 bits per heavy atom. The Kier molecular flexibility index (Phi) is 6.53. The molecular formula is C28H29N5O2S. The van der Waals surface area contributed by atoms with Crippen LogP contribution in [0.1, 0.15) is 51.0 Å². The summed E-state index contributed by atoms with van der Waals surface area (Å²) in [6, 6.07) is 13.8. The van der Waals surface area contributed by atoms with E-state index in [0.717, 1.165) is 49.8 Å². The summed E-state index contributed by atoms with van der Waals surface area (Å²) < 4.78 is 5.39. The first-order valence-corrected chi connectivity index (χ1v) is 13.4. The molecule has 184 valence electrons. The lowest BCUT2D eigenvalue weighted by molar-refractivity contribution is 0.0996. The summed E-state index contributed by atoms with van der Waals surface area (Å²) >= 11 is 1.74. The van der Waals surface area contributed by atoms with Crippen molar-refractivity contribution in [3.8, 4) is 0 Å². The van der Waals surface area contributed by atoms with Crippen LogP contribution in [0.25, 0.3) is 0 Å². The molecule has 4 aromatic heterocycles. The van der Waals surface area contributed by atoms with E-state index >= 15 is 0 Å². The largest absolute Gasteiger partial charge is 0.459 e. The van der Waals surface area contributed by atoms with Gasteiger partial charge in [0.1, 0.15) is 10.8 Å². The fourth-order valence-electron chi connectivity index (χ4n) is 5.40. The number of nitrogens with one attached hydrogen (secondary N) is 1. The maximum absolute atomic E-state index is 13.0. The van der Waals surface area contributed by atoms with Crippen LogP contribution in [0.3, 0.4) is 0 Å². The third-order valence-corrected chi connectivity index (χ3v) is 8.36. The van der Waals surface area contributed by atoms with Crippen LogP contribution in [0.2, 0.25) is 0 Å². The monoisotopic (exact) mass is 499 g/mol. The van der Waals surface area contributed by atoms with Crippen molar-refractivity contribution in [1.82, 2.24) is 14.9 Å². The number of pyridine rings is 2. The molecular weight excluding hydrogens is 470 g/mol. The minimum absolute atomic E-state index is 0.0453. The number of amides is 1. The lowest BCUT2D eigenvalue weighted by Gasteiger charge is -2.40. The van der Waals surface area contributed by atoms with E-state index in [0.29, 0.717) is 5.76 Å². The Balaban J connectivity index is 1.36. The van der Waals surface area contributed by atoms with Crippen LogP contribution in [0.4, 0.5) is 10.8 Å². The van der Waals surface area contributed by atoms with Gasteiger partial charge in [0.05, 0.1) is 12.3 Å². The zero-order valence-corrected chi connectivity index (χ0v) is 20.9. The second-order valence-corrected chi connectivity index (χ2v) is 10.4. The number of hydrogen-bond donors (Lipinski definition) is 1. The minimum atomic E-state index is -0.201. The molecule has 5 heterocycles. The molecule has 1 N–H and O–H groups in total. The van der Waals surface area contributed by atoms with Crippen molar-refractivity contribution in [3.05, 3.63) is 94.6 Å². The topological polar surface area (TPSA) is 74.5 Å². The highest BCUT2D eigenvalue weighted by molar-refractivity contribution is 7.16. The van der Waals surface area contributed by atoms with Gasteiger partial charge in [-0.2, -0.15) is 0 Å². The van der Waals surface area contributed by atoms with Crippen molar-refractivity contribution in [1.29, 1.82) is 0 Å². The highest BCUT2D eigenvalue weighted by atomic mass is 32.1. The van der Waals surface area contributed by atoms with Gasteiger partial charge in [-0.1, -0.05) is 6.07 Å². The molecule has 1 fully saturated rings. The molecule has 0 bridgehead atoms. The lowest BCUT2D eigenvalue weighted by atomic mass is 9.88. The molecule has 1 aliphatic heterocycles. The minimum Gasteiger partial charge on any atom is -0.459 e. The number of carbonyl (C=O) groups excluding carboxylic acids is 1. The number of nitrogens with zero attached hydrogens (tertiary/aromatic N) is 4. The van der Waals surface area contributed by atoms with Crippen LogP contribution < -0.4 is 10.2 Å². The van der Waals surface area contributed by atoms with Gasteiger partial charge in [0.25, 0.3) is 5.91 Å². The number of aromatic nitrogens is 2. The number of fused-ring (bicyclic) bond motifs is 1. The first-order valence-electron chi connectivity index (χ1n) is 12.6. The van der Waals surface area contributed by atoms with E-state index in [4.69, 9.17) is 4.42 Å². The van der Waals surface area contributed by atoms with E-state index in [2.05, 4.69) is 43.3 Å². The van der Waals surface area contributed by atoms with Gasteiger partial charge in [0.15, 0.2) is 5.76 Å². The number of furan rings is 1. The molecule has 1 atom stereocenters. The number of carbonyl (C=O) groups is 1. The van der Waals surface area contributed by atoms with Crippen LogP contribution in [0.15, 0.2) is 71.7 Å². The summed E-state index contributed by atoms with van der Waals surface area (Å²) in [5.41, 5.74) is 3.86. The van der Waals surface area contributed by atoms with E-state index in [1.807, 2.05) is 30.7 Å². The lowest BCUT2D eigenvalue weighted by Crippen LogP contribution is -2.48. The second-order valence-electron chi connectivity index (χ2n) is 9.28. The fourth-order valence-corrected chi connectivity index (χ4v) is 6.72. The first-order chi connectivity index (χ1) is 17.8. The van der Waals surface area contributed by atoms with Crippen molar-refractivity contribution in [2.24, 2.45) is 0 Å². The Morgan fingerprint density at radius 1 is 0.972 bits per heavy atom. The maximum atomic E-state index is 13.0. The van der Waals surface area contributed by atoms with Crippen molar-refractivity contribution < 1.29 is 9.21 Å². The molecule has 0 spiro atoms. The van der Waals surface area contributed by atoms with Gasteiger partial charge < -0.3 is 14.6 Å². The molecule has 0 saturated carbocycles. The highest BCUT2D eigenvalue weighted by Crippen LogP contribution is 2.45. The summed E-state index contributed by atoms with van der Waals surface area (Å²) in [5.74, 6) is 1.15. The SMILES string of the molecule is O=C(Nc1sc2c(c1C(c1ccncc1)N1CCN(c3ccccn3)CC1)CCCC2)c1ccco1. The number of rotatable bonds is 6. The van der Waals surface area contributed by atoms with Gasteiger partial charge in [-0.25, -0.2) is 4.98 Å². The van der Waals surface area contributed by atoms with E-state index in [1.165, 1.54) is 40.7 Å². The van der Waals surface area contributed by atoms with Crippen LogP contribution >= 0.6 is 11.3 Å². The molecule has 1 unspecified atom stereocenters. The molecule has 1 aliphatic carbocycles. The molecule has 4 aromatic rings. The summed E-state index contributed by atoms with van der Waals surface area (Å²) in [6.07, 6.45) is 11.6. The molecule has 6 rings (SSSR count).